The van der Waals surface area contributed by atoms with Crippen molar-refractivity contribution < 1.29 is 29.0 Å². The van der Waals surface area contributed by atoms with Gasteiger partial charge in [-0.2, -0.15) is 0 Å². The summed E-state index contributed by atoms with van der Waals surface area (Å²) < 4.78 is 11.3. The van der Waals surface area contributed by atoms with E-state index in [1.54, 1.807) is 18.2 Å². The molecule has 2 heterocycles. The number of anilines is 1. The maximum atomic E-state index is 12.6. The van der Waals surface area contributed by atoms with Gasteiger partial charge in [-0.25, -0.2) is 4.79 Å². The molecule has 0 saturated carbocycles. The zero-order chi connectivity index (χ0) is 17.3. The van der Waals surface area contributed by atoms with Gasteiger partial charge in [0.2, 0.25) is 5.91 Å². The second kappa shape index (κ2) is 6.78. The summed E-state index contributed by atoms with van der Waals surface area (Å²) in [7, 11) is 0. The van der Waals surface area contributed by atoms with E-state index in [1.807, 2.05) is 0 Å². The molecule has 3 rings (SSSR count). The van der Waals surface area contributed by atoms with Gasteiger partial charge in [0.15, 0.2) is 12.6 Å². The van der Waals surface area contributed by atoms with Crippen molar-refractivity contribution in [3.63, 3.8) is 0 Å². The Hall–Kier alpha value is -2.13. The first kappa shape index (κ1) is 16.7. The molecule has 1 N–H and O–H groups in total. The first-order chi connectivity index (χ1) is 11.5. The Bertz CT molecular complexity index is 695. The van der Waals surface area contributed by atoms with Crippen LogP contribution >= 0.6 is 15.9 Å². The fourth-order valence-corrected chi connectivity index (χ4v) is 3.02. The normalized spacial score (nSPS) is 20.4. The SMILES string of the molecule is O=C(O)C1COCCN1C(=O)CN1C(=O)COc2cc(Br)ccc21. The molecule has 1 aromatic carbocycles. The molecule has 1 fully saturated rings. The van der Waals surface area contributed by atoms with E-state index in [4.69, 9.17) is 9.47 Å². The van der Waals surface area contributed by atoms with Crippen LogP contribution in [0.1, 0.15) is 0 Å². The number of benzene rings is 1. The molecule has 1 saturated heterocycles. The highest BCUT2D eigenvalue weighted by Gasteiger charge is 2.35. The zero-order valence-electron chi connectivity index (χ0n) is 12.6. The summed E-state index contributed by atoms with van der Waals surface area (Å²) in [4.78, 5) is 38.6. The van der Waals surface area contributed by atoms with Gasteiger partial charge in [-0.05, 0) is 18.2 Å². The number of carbonyl (C=O) groups is 3. The van der Waals surface area contributed by atoms with Crippen molar-refractivity contribution in [3.8, 4) is 5.75 Å². The Balaban J connectivity index is 1.81. The first-order valence-electron chi connectivity index (χ1n) is 7.30. The smallest absolute Gasteiger partial charge is 0.328 e. The summed E-state index contributed by atoms with van der Waals surface area (Å²) in [5.41, 5.74) is 0.489. The summed E-state index contributed by atoms with van der Waals surface area (Å²) >= 11 is 3.32. The molecule has 0 bridgehead atoms. The molecule has 1 unspecified atom stereocenters. The maximum absolute atomic E-state index is 12.6. The minimum atomic E-state index is -1.12. The molecule has 2 aliphatic rings. The number of carboxylic acids is 1. The highest BCUT2D eigenvalue weighted by atomic mass is 79.9. The third kappa shape index (κ3) is 3.22. The van der Waals surface area contributed by atoms with Gasteiger partial charge < -0.3 is 19.5 Å². The van der Waals surface area contributed by atoms with Crippen molar-refractivity contribution in [2.24, 2.45) is 0 Å². The number of morpholine rings is 1. The quantitative estimate of drug-likeness (QED) is 0.795. The average molecular weight is 399 g/mol. The number of nitrogens with zero attached hydrogens (tertiary/aromatic N) is 2. The molecule has 0 spiro atoms. The number of halogens is 1. The summed E-state index contributed by atoms with van der Waals surface area (Å²) in [6.07, 6.45) is 0. The van der Waals surface area contributed by atoms with Crippen LogP contribution in [-0.4, -0.2) is 66.7 Å². The lowest BCUT2D eigenvalue weighted by Crippen LogP contribution is -2.56. The van der Waals surface area contributed by atoms with Gasteiger partial charge in [-0.15, -0.1) is 0 Å². The molecule has 1 atom stereocenters. The van der Waals surface area contributed by atoms with Gasteiger partial charge >= 0.3 is 5.97 Å². The molecular weight excluding hydrogens is 384 g/mol. The molecule has 0 aliphatic carbocycles. The van der Waals surface area contributed by atoms with Gasteiger partial charge in [0, 0.05) is 11.0 Å². The lowest BCUT2D eigenvalue weighted by molar-refractivity contribution is -0.157. The number of hydrogen-bond donors (Lipinski definition) is 1. The zero-order valence-corrected chi connectivity index (χ0v) is 14.2. The van der Waals surface area contributed by atoms with Crippen molar-refractivity contribution in [1.29, 1.82) is 0 Å². The van der Waals surface area contributed by atoms with Crippen LogP contribution in [0.5, 0.6) is 5.75 Å². The average Bonchev–Trinajstić information content (AvgIpc) is 2.57. The van der Waals surface area contributed by atoms with Gasteiger partial charge in [0.05, 0.1) is 18.9 Å². The molecule has 0 aromatic heterocycles. The summed E-state index contributed by atoms with van der Waals surface area (Å²) in [6.45, 7) is 0.00209. The van der Waals surface area contributed by atoms with Gasteiger partial charge in [-0.3, -0.25) is 14.5 Å². The van der Waals surface area contributed by atoms with Crippen LogP contribution in [0.25, 0.3) is 0 Å². The number of amides is 2. The Kier molecular flexibility index (Phi) is 4.72. The third-order valence-corrected chi connectivity index (χ3v) is 4.39. The summed E-state index contributed by atoms with van der Waals surface area (Å²) in [6, 6.07) is 4.10. The van der Waals surface area contributed by atoms with Crippen LogP contribution < -0.4 is 9.64 Å². The van der Waals surface area contributed by atoms with Crippen molar-refractivity contribution in [2.45, 2.75) is 6.04 Å². The maximum Gasteiger partial charge on any atom is 0.328 e. The Labute approximate surface area is 146 Å². The highest BCUT2D eigenvalue weighted by Crippen LogP contribution is 2.34. The van der Waals surface area contributed by atoms with E-state index >= 15 is 0 Å². The molecular formula is C15H15BrN2O6. The first-order valence-corrected chi connectivity index (χ1v) is 8.09. The number of ether oxygens (including phenoxy) is 2. The van der Waals surface area contributed by atoms with Crippen molar-refractivity contribution in [2.75, 3.05) is 37.8 Å². The van der Waals surface area contributed by atoms with E-state index in [9.17, 15) is 19.5 Å². The second-order valence-corrected chi connectivity index (χ2v) is 6.31. The summed E-state index contributed by atoms with van der Waals surface area (Å²) in [5.74, 6) is -1.41. The fraction of sp³-hybridized carbons (Fsp3) is 0.400. The topological polar surface area (TPSA) is 96.4 Å². The van der Waals surface area contributed by atoms with Crippen LogP contribution in [0.2, 0.25) is 0 Å². The van der Waals surface area contributed by atoms with Crippen molar-refractivity contribution in [3.05, 3.63) is 22.7 Å². The van der Waals surface area contributed by atoms with Crippen LogP contribution in [0.3, 0.4) is 0 Å². The number of fused-ring (bicyclic) bond motifs is 1. The number of carbonyl (C=O) groups excluding carboxylic acids is 2. The fourth-order valence-electron chi connectivity index (χ4n) is 2.68. The Morgan fingerprint density at radius 2 is 2.17 bits per heavy atom. The van der Waals surface area contributed by atoms with E-state index in [2.05, 4.69) is 15.9 Å². The van der Waals surface area contributed by atoms with Crippen molar-refractivity contribution in [1.82, 2.24) is 4.90 Å². The van der Waals surface area contributed by atoms with Crippen LogP contribution in [-0.2, 0) is 19.1 Å². The lowest BCUT2D eigenvalue weighted by Gasteiger charge is -2.35. The standard InChI is InChI=1S/C15H15BrN2O6/c16-9-1-2-10-12(5-9)24-8-14(20)18(10)6-13(19)17-3-4-23-7-11(17)15(21)22/h1-2,5,11H,3-4,6-8H2,(H,21,22). The van der Waals surface area contributed by atoms with E-state index in [1.165, 1.54) is 9.80 Å². The predicted molar refractivity (Wildman–Crippen MR) is 85.9 cm³/mol. The summed E-state index contributed by atoms with van der Waals surface area (Å²) in [5, 5.41) is 9.22. The number of rotatable bonds is 3. The minimum absolute atomic E-state index is 0.0539. The van der Waals surface area contributed by atoms with E-state index in [0.29, 0.717) is 11.4 Å². The molecule has 8 nitrogen and oxygen atoms in total. The molecule has 1 aromatic rings. The molecule has 128 valence electrons. The molecule has 2 amide bonds. The van der Waals surface area contributed by atoms with Gasteiger partial charge in [0.1, 0.15) is 12.3 Å². The van der Waals surface area contributed by atoms with E-state index < -0.39 is 17.9 Å². The number of carboxylic acid groups (broad SMARTS) is 1. The molecule has 24 heavy (non-hydrogen) atoms. The number of aliphatic carboxylic acids is 1. The van der Waals surface area contributed by atoms with E-state index in [0.717, 1.165) is 4.47 Å². The highest BCUT2D eigenvalue weighted by molar-refractivity contribution is 9.10. The largest absolute Gasteiger partial charge is 0.482 e. The monoisotopic (exact) mass is 398 g/mol. The number of hydrogen-bond acceptors (Lipinski definition) is 5. The predicted octanol–water partition coefficient (Wildman–Crippen LogP) is 0.487. The van der Waals surface area contributed by atoms with Gasteiger partial charge in [0.25, 0.3) is 5.91 Å². The molecule has 9 heteroatoms. The van der Waals surface area contributed by atoms with Crippen LogP contribution in [0, 0.1) is 0 Å². The minimum Gasteiger partial charge on any atom is -0.482 e. The second-order valence-electron chi connectivity index (χ2n) is 5.40. The van der Waals surface area contributed by atoms with Crippen LogP contribution in [0.15, 0.2) is 22.7 Å². The van der Waals surface area contributed by atoms with Gasteiger partial charge in [-0.1, -0.05) is 15.9 Å². The molecule has 0 radical (unpaired) electrons. The molecule has 2 aliphatic heterocycles. The Morgan fingerprint density at radius 1 is 1.38 bits per heavy atom. The third-order valence-electron chi connectivity index (χ3n) is 3.89. The Morgan fingerprint density at radius 3 is 2.92 bits per heavy atom. The van der Waals surface area contributed by atoms with Crippen molar-refractivity contribution >= 4 is 39.4 Å². The van der Waals surface area contributed by atoms with Crippen LogP contribution in [0.4, 0.5) is 5.69 Å². The van der Waals surface area contributed by atoms with E-state index in [-0.39, 0.29) is 38.8 Å². The lowest BCUT2D eigenvalue weighted by atomic mass is 10.2.